The van der Waals surface area contributed by atoms with E-state index in [0.29, 0.717) is 12.5 Å². The van der Waals surface area contributed by atoms with Crippen molar-refractivity contribution in [1.82, 2.24) is 10.6 Å². The van der Waals surface area contributed by atoms with Gasteiger partial charge in [-0.05, 0) is 25.7 Å². The molecule has 0 bridgehead atoms. The zero-order valence-corrected chi connectivity index (χ0v) is 11.3. The number of rotatable bonds is 4. The number of carbonyl (C=O) groups is 1. The molecule has 0 heterocycles. The van der Waals surface area contributed by atoms with Crippen LogP contribution in [0.15, 0.2) is 0 Å². The van der Waals surface area contributed by atoms with E-state index in [1.807, 2.05) is 6.92 Å². The van der Waals surface area contributed by atoms with Gasteiger partial charge in [0.2, 0.25) is 0 Å². The maximum absolute atomic E-state index is 11.6. The monoisotopic (exact) mass is 242 g/mol. The Morgan fingerprint density at radius 1 is 1.24 bits per heavy atom. The van der Waals surface area contributed by atoms with E-state index in [1.54, 1.807) is 0 Å². The highest BCUT2D eigenvalue weighted by molar-refractivity contribution is 5.74. The Hall–Kier alpha value is -0.770. The van der Waals surface area contributed by atoms with Crippen molar-refractivity contribution < 1.29 is 9.90 Å². The maximum Gasteiger partial charge on any atom is 0.315 e. The fourth-order valence-electron chi connectivity index (χ4n) is 2.06. The van der Waals surface area contributed by atoms with E-state index in [2.05, 4.69) is 24.5 Å². The number of aliphatic hydroxyl groups is 1. The summed E-state index contributed by atoms with van der Waals surface area (Å²) in [6, 6.07) is -0.0267. The lowest BCUT2D eigenvalue weighted by atomic mass is 9.85. The third kappa shape index (κ3) is 4.94. The first-order valence-electron chi connectivity index (χ1n) is 6.70. The zero-order valence-electron chi connectivity index (χ0n) is 11.3. The molecule has 1 aliphatic carbocycles. The molecule has 0 spiro atoms. The van der Waals surface area contributed by atoms with Crippen LogP contribution in [-0.4, -0.2) is 29.3 Å². The summed E-state index contributed by atoms with van der Waals surface area (Å²) in [4.78, 5) is 11.6. The molecular formula is C13H26N2O2. The van der Waals surface area contributed by atoms with Gasteiger partial charge < -0.3 is 15.7 Å². The summed E-state index contributed by atoms with van der Waals surface area (Å²) in [5, 5.41) is 15.9. The first-order valence-corrected chi connectivity index (χ1v) is 6.70. The van der Waals surface area contributed by atoms with Crippen molar-refractivity contribution in [3.05, 3.63) is 0 Å². The lowest BCUT2D eigenvalue weighted by Crippen LogP contribution is -2.49. The second kappa shape index (κ2) is 6.24. The molecule has 0 aromatic heterocycles. The Labute approximate surface area is 104 Å². The van der Waals surface area contributed by atoms with Gasteiger partial charge in [-0.1, -0.05) is 33.1 Å². The van der Waals surface area contributed by atoms with Crippen LogP contribution in [-0.2, 0) is 0 Å². The normalized spacial score (nSPS) is 21.0. The van der Waals surface area contributed by atoms with Crippen molar-refractivity contribution in [3.8, 4) is 0 Å². The molecule has 1 atom stereocenters. The van der Waals surface area contributed by atoms with Gasteiger partial charge in [0.1, 0.15) is 0 Å². The molecule has 0 aromatic rings. The van der Waals surface area contributed by atoms with Crippen molar-refractivity contribution in [2.45, 2.75) is 64.5 Å². The lowest BCUT2D eigenvalue weighted by molar-refractivity contribution is 0.00711. The van der Waals surface area contributed by atoms with Gasteiger partial charge in [-0.25, -0.2) is 4.79 Å². The molecule has 1 rings (SSSR count). The van der Waals surface area contributed by atoms with Crippen LogP contribution in [0.3, 0.4) is 0 Å². The van der Waals surface area contributed by atoms with Crippen molar-refractivity contribution in [2.75, 3.05) is 6.54 Å². The molecule has 0 aromatic carbocycles. The van der Waals surface area contributed by atoms with E-state index in [0.717, 1.165) is 25.7 Å². The average molecular weight is 242 g/mol. The molecule has 0 aliphatic heterocycles. The number of hydrogen-bond donors (Lipinski definition) is 3. The molecule has 17 heavy (non-hydrogen) atoms. The third-order valence-electron chi connectivity index (χ3n) is 3.72. The van der Waals surface area contributed by atoms with Crippen molar-refractivity contribution in [3.63, 3.8) is 0 Å². The fraction of sp³-hybridized carbons (Fsp3) is 0.923. The molecule has 0 saturated heterocycles. The van der Waals surface area contributed by atoms with Gasteiger partial charge in [-0.15, -0.1) is 0 Å². The number of urea groups is 1. The van der Waals surface area contributed by atoms with E-state index in [9.17, 15) is 9.90 Å². The summed E-state index contributed by atoms with van der Waals surface area (Å²) >= 11 is 0. The van der Waals surface area contributed by atoms with Gasteiger partial charge in [0.05, 0.1) is 5.60 Å². The van der Waals surface area contributed by atoms with Crippen LogP contribution in [0.2, 0.25) is 0 Å². The SMILES string of the molecule is CC(C)C(C)NC(=O)NCC1(O)CCCCC1. The van der Waals surface area contributed by atoms with Crippen LogP contribution in [0, 0.1) is 5.92 Å². The summed E-state index contributed by atoms with van der Waals surface area (Å²) in [6.45, 7) is 6.49. The summed E-state index contributed by atoms with van der Waals surface area (Å²) in [5.41, 5.74) is -0.684. The van der Waals surface area contributed by atoms with Crippen LogP contribution in [0.25, 0.3) is 0 Å². The second-order valence-electron chi connectivity index (χ2n) is 5.64. The fourth-order valence-corrected chi connectivity index (χ4v) is 2.06. The minimum Gasteiger partial charge on any atom is -0.388 e. The van der Waals surface area contributed by atoms with Gasteiger partial charge in [-0.2, -0.15) is 0 Å². The van der Waals surface area contributed by atoms with Gasteiger partial charge in [0.25, 0.3) is 0 Å². The predicted molar refractivity (Wildman–Crippen MR) is 68.9 cm³/mol. The maximum atomic E-state index is 11.6. The minimum atomic E-state index is -0.684. The Morgan fingerprint density at radius 3 is 2.35 bits per heavy atom. The summed E-state index contributed by atoms with van der Waals surface area (Å²) in [6.07, 6.45) is 4.91. The number of hydrogen-bond acceptors (Lipinski definition) is 2. The Balaban J connectivity index is 2.27. The van der Waals surface area contributed by atoms with E-state index in [4.69, 9.17) is 0 Å². The van der Waals surface area contributed by atoms with Gasteiger partial charge >= 0.3 is 6.03 Å². The number of amides is 2. The van der Waals surface area contributed by atoms with Crippen LogP contribution in [0.1, 0.15) is 52.9 Å². The van der Waals surface area contributed by atoms with E-state index >= 15 is 0 Å². The van der Waals surface area contributed by atoms with Crippen molar-refractivity contribution >= 4 is 6.03 Å². The molecule has 100 valence electrons. The smallest absolute Gasteiger partial charge is 0.315 e. The molecule has 1 fully saturated rings. The highest BCUT2D eigenvalue weighted by Gasteiger charge is 2.29. The second-order valence-corrected chi connectivity index (χ2v) is 5.64. The molecule has 1 aliphatic rings. The Kier molecular flexibility index (Phi) is 5.25. The molecule has 4 nitrogen and oxygen atoms in total. The van der Waals surface area contributed by atoms with Gasteiger partial charge in [0.15, 0.2) is 0 Å². The molecular weight excluding hydrogens is 216 g/mol. The molecule has 2 amide bonds. The molecule has 4 heteroatoms. The highest BCUT2D eigenvalue weighted by atomic mass is 16.3. The van der Waals surface area contributed by atoms with Crippen LogP contribution in [0.4, 0.5) is 4.79 Å². The molecule has 0 radical (unpaired) electrons. The van der Waals surface area contributed by atoms with Gasteiger partial charge in [0, 0.05) is 12.6 Å². The van der Waals surface area contributed by atoms with Crippen LogP contribution >= 0.6 is 0 Å². The number of nitrogens with one attached hydrogen (secondary N) is 2. The largest absolute Gasteiger partial charge is 0.388 e. The summed E-state index contributed by atoms with van der Waals surface area (Å²) < 4.78 is 0. The van der Waals surface area contributed by atoms with Crippen molar-refractivity contribution in [2.24, 2.45) is 5.92 Å². The molecule has 3 N–H and O–H groups in total. The molecule has 1 unspecified atom stereocenters. The van der Waals surface area contributed by atoms with E-state index in [-0.39, 0.29) is 12.1 Å². The van der Waals surface area contributed by atoms with E-state index < -0.39 is 5.60 Å². The first-order chi connectivity index (χ1) is 7.93. The summed E-state index contributed by atoms with van der Waals surface area (Å²) in [7, 11) is 0. The summed E-state index contributed by atoms with van der Waals surface area (Å²) in [5.74, 6) is 0.415. The Morgan fingerprint density at radius 2 is 1.82 bits per heavy atom. The average Bonchev–Trinajstić information content (AvgIpc) is 2.27. The highest BCUT2D eigenvalue weighted by Crippen LogP contribution is 2.27. The van der Waals surface area contributed by atoms with E-state index in [1.165, 1.54) is 6.42 Å². The first kappa shape index (κ1) is 14.3. The van der Waals surface area contributed by atoms with Crippen LogP contribution in [0.5, 0.6) is 0 Å². The predicted octanol–water partition coefficient (Wildman–Crippen LogP) is 2.03. The quantitative estimate of drug-likeness (QED) is 0.706. The minimum absolute atomic E-state index is 0.149. The van der Waals surface area contributed by atoms with Crippen LogP contribution < -0.4 is 10.6 Å². The Bertz CT molecular complexity index is 248. The van der Waals surface area contributed by atoms with Crippen molar-refractivity contribution in [1.29, 1.82) is 0 Å². The topological polar surface area (TPSA) is 61.4 Å². The van der Waals surface area contributed by atoms with Gasteiger partial charge in [-0.3, -0.25) is 0 Å². The number of carbonyl (C=O) groups excluding carboxylic acids is 1. The lowest BCUT2D eigenvalue weighted by Gasteiger charge is -2.32. The standard InChI is InChI=1S/C13H26N2O2/c1-10(2)11(3)15-12(16)14-9-13(17)7-5-4-6-8-13/h10-11,17H,4-9H2,1-3H3,(H2,14,15,16). The third-order valence-corrected chi connectivity index (χ3v) is 3.72. The zero-order chi connectivity index (χ0) is 12.9. The molecule has 1 saturated carbocycles.